The van der Waals surface area contributed by atoms with Crippen molar-refractivity contribution in [2.45, 2.75) is 19.5 Å². The SMILES string of the molecule is Nc1ccccc1CNCCCn1cnc2ccccc21. The Labute approximate surface area is 124 Å². The number of nitrogens with two attached hydrogens (primary N) is 1. The molecule has 0 amide bonds. The summed E-state index contributed by atoms with van der Waals surface area (Å²) in [5, 5.41) is 3.44. The summed E-state index contributed by atoms with van der Waals surface area (Å²) in [6, 6.07) is 16.2. The molecule has 21 heavy (non-hydrogen) atoms. The average molecular weight is 280 g/mol. The number of aryl methyl sites for hydroxylation is 1. The van der Waals surface area contributed by atoms with Crippen molar-refractivity contribution >= 4 is 16.7 Å². The highest BCUT2D eigenvalue weighted by molar-refractivity contribution is 5.74. The summed E-state index contributed by atoms with van der Waals surface area (Å²) >= 11 is 0. The molecule has 0 saturated heterocycles. The fourth-order valence-electron chi connectivity index (χ4n) is 2.48. The van der Waals surface area contributed by atoms with Crippen LogP contribution in [0.3, 0.4) is 0 Å². The Morgan fingerprint density at radius 3 is 2.76 bits per heavy atom. The van der Waals surface area contributed by atoms with Gasteiger partial charge in [0.1, 0.15) is 0 Å². The zero-order valence-electron chi connectivity index (χ0n) is 12.0. The average Bonchev–Trinajstić information content (AvgIpc) is 2.92. The lowest BCUT2D eigenvalue weighted by Gasteiger charge is -2.08. The van der Waals surface area contributed by atoms with E-state index < -0.39 is 0 Å². The Morgan fingerprint density at radius 1 is 1.05 bits per heavy atom. The van der Waals surface area contributed by atoms with Gasteiger partial charge < -0.3 is 15.6 Å². The van der Waals surface area contributed by atoms with Crippen molar-refractivity contribution < 1.29 is 0 Å². The minimum absolute atomic E-state index is 0.817. The van der Waals surface area contributed by atoms with E-state index in [1.54, 1.807) is 0 Å². The number of para-hydroxylation sites is 3. The van der Waals surface area contributed by atoms with Crippen LogP contribution in [0.1, 0.15) is 12.0 Å². The van der Waals surface area contributed by atoms with Gasteiger partial charge >= 0.3 is 0 Å². The first kappa shape index (κ1) is 13.6. The van der Waals surface area contributed by atoms with E-state index in [9.17, 15) is 0 Å². The van der Waals surface area contributed by atoms with Gasteiger partial charge in [0, 0.05) is 18.8 Å². The highest BCUT2D eigenvalue weighted by atomic mass is 15.0. The van der Waals surface area contributed by atoms with Gasteiger partial charge in [-0.2, -0.15) is 0 Å². The van der Waals surface area contributed by atoms with E-state index in [2.05, 4.69) is 33.1 Å². The lowest BCUT2D eigenvalue weighted by atomic mass is 10.2. The second-order valence-electron chi connectivity index (χ2n) is 5.16. The molecule has 0 saturated carbocycles. The van der Waals surface area contributed by atoms with Crippen LogP contribution >= 0.6 is 0 Å². The summed E-state index contributed by atoms with van der Waals surface area (Å²) in [5.74, 6) is 0. The molecule has 0 aliphatic heterocycles. The minimum atomic E-state index is 0.817. The van der Waals surface area contributed by atoms with E-state index in [1.165, 1.54) is 5.52 Å². The largest absolute Gasteiger partial charge is 0.398 e. The Morgan fingerprint density at radius 2 is 1.86 bits per heavy atom. The van der Waals surface area contributed by atoms with E-state index in [-0.39, 0.29) is 0 Å². The molecule has 2 aromatic carbocycles. The summed E-state index contributed by atoms with van der Waals surface area (Å²) in [4.78, 5) is 4.40. The molecule has 0 aliphatic rings. The first-order valence-electron chi connectivity index (χ1n) is 7.28. The standard InChI is InChI=1S/C17H20N4/c18-15-7-2-1-6-14(15)12-19-10-5-11-21-13-20-16-8-3-4-9-17(16)21/h1-4,6-9,13,19H,5,10-12,18H2. The fraction of sp³-hybridized carbons (Fsp3) is 0.235. The Balaban J connectivity index is 1.47. The van der Waals surface area contributed by atoms with Crippen LogP contribution in [-0.2, 0) is 13.1 Å². The van der Waals surface area contributed by atoms with Gasteiger partial charge in [-0.1, -0.05) is 30.3 Å². The van der Waals surface area contributed by atoms with Crippen molar-refractivity contribution in [1.29, 1.82) is 0 Å². The molecule has 3 rings (SSSR count). The monoisotopic (exact) mass is 280 g/mol. The summed E-state index contributed by atoms with van der Waals surface area (Å²) in [7, 11) is 0. The van der Waals surface area contributed by atoms with Crippen LogP contribution in [0.2, 0.25) is 0 Å². The van der Waals surface area contributed by atoms with Gasteiger partial charge in [-0.3, -0.25) is 0 Å². The van der Waals surface area contributed by atoms with Crippen LogP contribution in [0.5, 0.6) is 0 Å². The molecular formula is C17H20N4. The molecule has 108 valence electrons. The molecule has 3 aromatic rings. The highest BCUT2D eigenvalue weighted by Gasteiger charge is 2.01. The normalized spacial score (nSPS) is 11.0. The first-order valence-corrected chi connectivity index (χ1v) is 7.28. The zero-order chi connectivity index (χ0) is 14.5. The van der Waals surface area contributed by atoms with Gasteiger partial charge in [0.15, 0.2) is 0 Å². The number of aromatic nitrogens is 2. The quantitative estimate of drug-likeness (QED) is 0.539. The van der Waals surface area contributed by atoms with Crippen molar-refractivity contribution in [3.05, 3.63) is 60.4 Å². The van der Waals surface area contributed by atoms with Crippen LogP contribution in [0.15, 0.2) is 54.9 Å². The molecule has 0 bridgehead atoms. The number of anilines is 1. The van der Waals surface area contributed by atoms with E-state index >= 15 is 0 Å². The molecule has 0 radical (unpaired) electrons. The topological polar surface area (TPSA) is 55.9 Å². The molecule has 3 N–H and O–H groups in total. The van der Waals surface area contributed by atoms with Gasteiger partial charge in [0.2, 0.25) is 0 Å². The number of hydrogen-bond donors (Lipinski definition) is 2. The predicted molar refractivity (Wildman–Crippen MR) is 86.9 cm³/mol. The molecule has 0 unspecified atom stereocenters. The van der Waals surface area contributed by atoms with Crippen LogP contribution in [0.25, 0.3) is 11.0 Å². The maximum absolute atomic E-state index is 5.92. The zero-order valence-corrected chi connectivity index (χ0v) is 12.0. The third kappa shape index (κ3) is 3.23. The summed E-state index contributed by atoms with van der Waals surface area (Å²) < 4.78 is 2.20. The van der Waals surface area contributed by atoms with E-state index in [0.29, 0.717) is 0 Å². The fourth-order valence-corrected chi connectivity index (χ4v) is 2.48. The Bertz CT molecular complexity index is 717. The van der Waals surface area contributed by atoms with Crippen molar-refractivity contribution in [1.82, 2.24) is 14.9 Å². The second kappa shape index (κ2) is 6.41. The third-order valence-corrected chi connectivity index (χ3v) is 3.65. The van der Waals surface area contributed by atoms with E-state index in [1.807, 2.05) is 36.7 Å². The molecular weight excluding hydrogens is 260 g/mol. The van der Waals surface area contributed by atoms with Crippen molar-refractivity contribution in [2.24, 2.45) is 0 Å². The minimum Gasteiger partial charge on any atom is -0.398 e. The number of benzene rings is 2. The van der Waals surface area contributed by atoms with Gasteiger partial charge in [-0.05, 0) is 36.7 Å². The van der Waals surface area contributed by atoms with Crippen molar-refractivity contribution in [3.8, 4) is 0 Å². The van der Waals surface area contributed by atoms with Gasteiger partial charge in [-0.25, -0.2) is 4.98 Å². The maximum atomic E-state index is 5.92. The Hall–Kier alpha value is -2.33. The van der Waals surface area contributed by atoms with Gasteiger partial charge in [0.05, 0.1) is 17.4 Å². The van der Waals surface area contributed by atoms with Crippen LogP contribution in [0.4, 0.5) is 5.69 Å². The highest BCUT2D eigenvalue weighted by Crippen LogP contribution is 2.12. The van der Waals surface area contributed by atoms with Crippen molar-refractivity contribution in [3.63, 3.8) is 0 Å². The first-order chi connectivity index (χ1) is 10.3. The third-order valence-electron chi connectivity index (χ3n) is 3.65. The van der Waals surface area contributed by atoms with Crippen LogP contribution < -0.4 is 11.1 Å². The second-order valence-corrected chi connectivity index (χ2v) is 5.16. The summed E-state index contributed by atoms with van der Waals surface area (Å²) in [5.41, 5.74) is 10.2. The number of nitrogens with zero attached hydrogens (tertiary/aromatic N) is 2. The molecule has 0 aliphatic carbocycles. The maximum Gasteiger partial charge on any atom is 0.0958 e. The van der Waals surface area contributed by atoms with Gasteiger partial charge in [0.25, 0.3) is 0 Å². The van der Waals surface area contributed by atoms with Crippen LogP contribution in [0, 0.1) is 0 Å². The van der Waals surface area contributed by atoms with Crippen molar-refractivity contribution in [2.75, 3.05) is 12.3 Å². The molecule has 0 spiro atoms. The number of nitrogens with one attached hydrogen (secondary N) is 1. The lowest BCUT2D eigenvalue weighted by Crippen LogP contribution is -2.17. The molecule has 0 atom stereocenters. The molecule has 4 heteroatoms. The Kier molecular flexibility index (Phi) is 4.17. The molecule has 1 heterocycles. The molecule has 0 fully saturated rings. The van der Waals surface area contributed by atoms with E-state index in [4.69, 9.17) is 5.73 Å². The smallest absolute Gasteiger partial charge is 0.0958 e. The number of imidazole rings is 1. The number of nitrogen functional groups attached to an aromatic ring is 1. The number of hydrogen-bond acceptors (Lipinski definition) is 3. The summed E-state index contributed by atoms with van der Waals surface area (Å²) in [6.45, 7) is 2.75. The van der Waals surface area contributed by atoms with E-state index in [0.717, 1.165) is 42.8 Å². The number of fused-ring (bicyclic) bond motifs is 1. The van der Waals surface area contributed by atoms with Gasteiger partial charge in [-0.15, -0.1) is 0 Å². The summed E-state index contributed by atoms with van der Waals surface area (Å²) in [6.07, 6.45) is 2.98. The predicted octanol–water partition coefficient (Wildman–Crippen LogP) is 2.80. The molecule has 4 nitrogen and oxygen atoms in total. The lowest BCUT2D eigenvalue weighted by molar-refractivity contribution is 0.589. The molecule has 1 aromatic heterocycles. The number of rotatable bonds is 6. The van der Waals surface area contributed by atoms with Crippen LogP contribution in [-0.4, -0.2) is 16.1 Å².